The van der Waals surface area contributed by atoms with Crippen molar-refractivity contribution in [2.75, 3.05) is 25.0 Å². The first kappa shape index (κ1) is 14.5. The number of amides is 1. The molecule has 2 aromatic heterocycles. The number of carbonyl (C=O) groups is 1. The minimum atomic E-state index is 0.0985. The van der Waals surface area contributed by atoms with Crippen molar-refractivity contribution in [2.24, 2.45) is 0 Å². The fourth-order valence-electron chi connectivity index (χ4n) is 2.59. The second-order valence-electron chi connectivity index (χ2n) is 5.37. The molecule has 1 aliphatic heterocycles. The summed E-state index contributed by atoms with van der Waals surface area (Å²) >= 11 is 0. The lowest BCUT2D eigenvalue weighted by Crippen LogP contribution is -2.35. The van der Waals surface area contributed by atoms with Crippen LogP contribution in [0.2, 0.25) is 0 Å². The van der Waals surface area contributed by atoms with Crippen LogP contribution in [0, 0.1) is 0 Å². The van der Waals surface area contributed by atoms with Crippen molar-refractivity contribution < 1.29 is 4.79 Å². The molecule has 3 rings (SSSR count). The van der Waals surface area contributed by atoms with Gasteiger partial charge >= 0.3 is 0 Å². The monoisotopic (exact) mass is 300 g/mol. The summed E-state index contributed by atoms with van der Waals surface area (Å²) in [7, 11) is 0. The molecule has 0 saturated carbocycles. The first-order valence-electron chi connectivity index (χ1n) is 7.64. The van der Waals surface area contributed by atoms with Crippen molar-refractivity contribution in [2.45, 2.75) is 25.8 Å². The first-order valence-corrected chi connectivity index (χ1v) is 7.64. The number of nitrogens with one attached hydrogen (secondary N) is 1. The topological polar surface area (TPSA) is 75.9 Å². The Hall–Kier alpha value is -2.44. The lowest BCUT2D eigenvalue weighted by atomic mass is 10.1. The average Bonchev–Trinajstić information content (AvgIpc) is 3.09. The van der Waals surface area contributed by atoms with Gasteiger partial charge in [-0.3, -0.25) is 9.48 Å². The summed E-state index contributed by atoms with van der Waals surface area (Å²) in [5.41, 5.74) is 0.695. The van der Waals surface area contributed by atoms with Crippen LogP contribution in [-0.2, 0) is 6.54 Å². The third kappa shape index (κ3) is 3.60. The molecule has 1 amide bonds. The van der Waals surface area contributed by atoms with Gasteiger partial charge in [-0.15, -0.1) is 0 Å². The van der Waals surface area contributed by atoms with Crippen molar-refractivity contribution in [3.8, 4) is 0 Å². The van der Waals surface area contributed by atoms with Gasteiger partial charge in [0.2, 0.25) is 0 Å². The van der Waals surface area contributed by atoms with Crippen LogP contribution in [0.5, 0.6) is 0 Å². The standard InChI is InChI=1S/C15H20N6O/c22-15(20-7-2-1-3-8-20)13-4-5-17-14(10-13)18-6-9-21-12-16-11-19-21/h4-5,10-12H,1-3,6-9H2,(H,17,18). The van der Waals surface area contributed by atoms with Crippen LogP contribution >= 0.6 is 0 Å². The van der Waals surface area contributed by atoms with Gasteiger partial charge in [0, 0.05) is 31.4 Å². The number of nitrogens with zero attached hydrogens (tertiary/aromatic N) is 5. The van der Waals surface area contributed by atoms with Crippen molar-refractivity contribution in [3.63, 3.8) is 0 Å². The molecule has 22 heavy (non-hydrogen) atoms. The van der Waals surface area contributed by atoms with E-state index in [2.05, 4.69) is 20.4 Å². The smallest absolute Gasteiger partial charge is 0.254 e. The van der Waals surface area contributed by atoms with E-state index in [1.165, 1.54) is 12.7 Å². The number of rotatable bonds is 5. The molecular formula is C15H20N6O. The first-order chi connectivity index (χ1) is 10.8. The molecule has 0 atom stereocenters. The molecule has 116 valence electrons. The zero-order chi connectivity index (χ0) is 15.2. The lowest BCUT2D eigenvalue weighted by molar-refractivity contribution is 0.0724. The lowest BCUT2D eigenvalue weighted by Gasteiger charge is -2.26. The van der Waals surface area contributed by atoms with Crippen molar-refractivity contribution in [3.05, 3.63) is 36.5 Å². The predicted octanol–water partition coefficient (Wildman–Crippen LogP) is 1.41. The van der Waals surface area contributed by atoms with Gasteiger partial charge in [0.15, 0.2) is 0 Å². The molecule has 0 radical (unpaired) electrons. The number of pyridine rings is 1. The Labute approximate surface area is 129 Å². The summed E-state index contributed by atoms with van der Waals surface area (Å²) in [6.45, 7) is 3.09. The molecule has 3 heterocycles. The minimum Gasteiger partial charge on any atom is -0.368 e. The maximum atomic E-state index is 12.5. The molecule has 1 saturated heterocycles. The van der Waals surface area contributed by atoms with E-state index in [1.54, 1.807) is 23.3 Å². The predicted molar refractivity (Wildman–Crippen MR) is 82.5 cm³/mol. The van der Waals surface area contributed by atoms with Crippen LogP contribution in [0.25, 0.3) is 0 Å². The second-order valence-corrected chi connectivity index (χ2v) is 5.37. The number of hydrogen-bond acceptors (Lipinski definition) is 5. The number of piperidine rings is 1. The second kappa shape index (κ2) is 7.02. The molecule has 0 aromatic carbocycles. The molecule has 0 bridgehead atoms. The Bertz CT molecular complexity index is 606. The van der Waals surface area contributed by atoms with Gasteiger partial charge in [-0.1, -0.05) is 0 Å². The van der Waals surface area contributed by atoms with Gasteiger partial charge in [0.25, 0.3) is 5.91 Å². The minimum absolute atomic E-state index is 0.0985. The van der Waals surface area contributed by atoms with E-state index >= 15 is 0 Å². The van der Waals surface area contributed by atoms with Gasteiger partial charge in [0.1, 0.15) is 18.5 Å². The van der Waals surface area contributed by atoms with Crippen molar-refractivity contribution in [1.29, 1.82) is 0 Å². The van der Waals surface area contributed by atoms with Crippen LogP contribution < -0.4 is 5.32 Å². The third-order valence-electron chi connectivity index (χ3n) is 3.76. The van der Waals surface area contributed by atoms with E-state index in [0.717, 1.165) is 25.9 Å². The van der Waals surface area contributed by atoms with Crippen molar-refractivity contribution >= 4 is 11.7 Å². The van der Waals surface area contributed by atoms with E-state index < -0.39 is 0 Å². The van der Waals surface area contributed by atoms with E-state index in [4.69, 9.17) is 0 Å². The average molecular weight is 300 g/mol. The number of likely N-dealkylation sites (tertiary alicyclic amines) is 1. The molecule has 2 aromatic rings. The fourth-order valence-corrected chi connectivity index (χ4v) is 2.59. The van der Waals surface area contributed by atoms with Crippen LogP contribution in [0.1, 0.15) is 29.6 Å². The molecule has 0 aliphatic carbocycles. The van der Waals surface area contributed by atoms with E-state index in [9.17, 15) is 4.79 Å². The Morgan fingerprint density at radius 3 is 2.91 bits per heavy atom. The number of anilines is 1. The summed E-state index contributed by atoms with van der Waals surface area (Å²) in [5.74, 6) is 0.810. The summed E-state index contributed by atoms with van der Waals surface area (Å²) in [6.07, 6.45) is 8.27. The molecule has 1 aliphatic rings. The SMILES string of the molecule is O=C(c1ccnc(NCCn2cncn2)c1)N1CCCCC1. The Kier molecular flexibility index (Phi) is 4.62. The molecule has 0 unspecified atom stereocenters. The van der Waals surface area contributed by atoms with Crippen LogP contribution in [0.15, 0.2) is 31.0 Å². The van der Waals surface area contributed by atoms with Crippen LogP contribution in [0.3, 0.4) is 0 Å². The van der Waals surface area contributed by atoms with Crippen LogP contribution in [-0.4, -0.2) is 50.2 Å². The molecule has 0 spiro atoms. The normalized spacial score (nSPS) is 14.8. The van der Waals surface area contributed by atoms with E-state index in [1.807, 2.05) is 11.0 Å². The highest BCUT2D eigenvalue weighted by molar-refractivity contribution is 5.94. The van der Waals surface area contributed by atoms with Gasteiger partial charge < -0.3 is 10.2 Å². The summed E-state index contributed by atoms with van der Waals surface area (Å²) < 4.78 is 1.75. The largest absolute Gasteiger partial charge is 0.368 e. The number of aromatic nitrogens is 4. The molecule has 7 nitrogen and oxygen atoms in total. The third-order valence-corrected chi connectivity index (χ3v) is 3.76. The Morgan fingerprint density at radius 1 is 1.27 bits per heavy atom. The van der Waals surface area contributed by atoms with Gasteiger partial charge in [-0.25, -0.2) is 9.97 Å². The van der Waals surface area contributed by atoms with Crippen LogP contribution in [0.4, 0.5) is 5.82 Å². The molecule has 7 heteroatoms. The van der Waals surface area contributed by atoms with E-state index in [0.29, 0.717) is 24.5 Å². The summed E-state index contributed by atoms with van der Waals surface area (Å²) in [4.78, 5) is 22.5. The fraction of sp³-hybridized carbons (Fsp3) is 0.467. The highest BCUT2D eigenvalue weighted by Gasteiger charge is 2.18. The van der Waals surface area contributed by atoms with Gasteiger partial charge in [0.05, 0.1) is 6.54 Å². The van der Waals surface area contributed by atoms with E-state index in [-0.39, 0.29) is 5.91 Å². The maximum absolute atomic E-state index is 12.5. The molecule has 1 N–H and O–H groups in total. The summed E-state index contributed by atoms with van der Waals surface area (Å²) in [5, 5.41) is 7.25. The highest BCUT2D eigenvalue weighted by atomic mass is 16.2. The zero-order valence-electron chi connectivity index (χ0n) is 12.5. The molecular weight excluding hydrogens is 280 g/mol. The van der Waals surface area contributed by atoms with Crippen molar-refractivity contribution in [1.82, 2.24) is 24.6 Å². The quantitative estimate of drug-likeness (QED) is 0.903. The number of hydrogen-bond donors (Lipinski definition) is 1. The Morgan fingerprint density at radius 2 is 2.14 bits per heavy atom. The Balaban J connectivity index is 1.58. The highest BCUT2D eigenvalue weighted by Crippen LogP contribution is 2.14. The summed E-state index contributed by atoms with van der Waals surface area (Å²) in [6, 6.07) is 3.60. The van der Waals surface area contributed by atoms with Gasteiger partial charge in [-0.2, -0.15) is 5.10 Å². The maximum Gasteiger partial charge on any atom is 0.254 e. The zero-order valence-corrected chi connectivity index (χ0v) is 12.5. The number of carbonyl (C=O) groups excluding carboxylic acids is 1. The van der Waals surface area contributed by atoms with Gasteiger partial charge in [-0.05, 0) is 31.4 Å². The molecule has 1 fully saturated rings.